The number of fused-ring (bicyclic) bond motifs is 1. The van der Waals surface area contributed by atoms with Gasteiger partial charge in [-0.25, -0.2) is 0 Å². The number of nitrogens with zero attached hydrogens (tertiary/aromatic N) is 2. The quantitative estimate of drug-likeness (QED) is 0.869. The Hall–Kier alpha value is -2.40. The first-order valence-corrected chi connectivity index (χ1v) is 10.5. The van der Waals surface area contributed by atoms with E-state index in [4.69, 9.17) is 0 Å². The molecule has 1 saturated carbocycles. The van der Waals surface area contributed by atoms with Crippen molar-refractivity contribution in [2.24, 2.45) is 0 Å². The van der Waals surface area contributed by atoms with E-state index in [0.717, 1.165) is 43.0 Å². The molecule has 5 heteroatoms. The van der Waals surface area contributed by atoms with Gasteiger partial charge in [-0.2, -0.15) is 0 Å². The molecule has 0 bridgehead atoms. The molecule has 0 atom stereocenters. The van der Waals surface area contributed by atoms with Crippen LogP contribution in [0.15, 0.2) is 42.5 Å². The van der Waals surface area contributed by atoms with Crippen LogP contribution in [0.2, 0.25) is 0 Å². The number of benzene rings is 2. The Balaban J connectivity index is 1.22. The molecule has 2 amide bonds. The number of rotatable bonds is 5. The van der Waals surface area contributed by atoms with E-state index < -0.39 is 0 Å². The third-order valence-corrected chi connectivity index (χ3v) is 6.14. The molecule has 1 aliphatic heterocycles. The molecule has 0 unspecified atom stereocenters. The highest BCUT2D eigenvalue weighted by atomic mass is 16.2. The Bertz CT molecular complexity index is 837. The average Bonchev–Trinajstić information content (AvgIpc) is 3.28. The van der Waals surface area contributed by atoms with Gasteiger partial charge in [-0.1, -0.05) is 43.2 Å². The first-order chi connectivity index (χ1) is 13.7. The molecule has 2 fully saturated rings. The van der Waals surface area contributed by atoms with E-state index in [1.54, 1.807) is 0 Å². The van der Waals surface area contributed by atoms with E-state index in [0.29, 0.717) is 18.5 Å². The molecule has 5 nitrogen and oxygen atoms in total. The number of nitrogens with one attached hydrogen (secondary N) is 1. The van der Waals surface area contributed by atoms with Crippen LogP contribution in [0, 0.1) is 0 Å². The van der Waals surface area contributed by atoms with Crippen LogP contribution in [0.5, 0.6) is 0 Å². The predicted octanol–water partition coefficient (Wildman–Crippen LogP) is 3.05. The monoisotopic (exact) mass is 379 g/mol. The van der Waals surface area contributed by atoms with Crippen molar-refractivity contribution >= 4 is 22.6 Å². The predicted molar refractivity (Wildman–Crippen MR) is 111 cm³/mol. The summed E-state index contributed by atoms with van der Waals surface area (Å²) < 4.78 is 0. The summed E-state index contributed by atoms with van der Waals surface area (Å²) in [4.78, 5) is 29.4. The minimum absolute atomic E-state index is 0.121. The van der Waals surface area contributed by atoms with Crippen LogP contribution < -0.4 is 5.32 Å². The second-order valence-electron chi connectivity index (χ2n) is 7.92. The number of hydrogen-bond donors (Lipinski definition) is 1. The SMILES string of the molecule is O=C(NCCC(=O)N1CCN(C2CCCC2)CC1)c1ccc2ccccc2c1. The zero-order chi connectivity index (χ0) is 19.3. The Morgan fingerprint density at radius 1 is 0.929 bits per heavy atom. The van der Waals surface area contributed by atoms with Crippen LogP contribution in [-0.4, -0.2) is 60.4 Å². The molecule has 28 heavy (non-hydrogen) atoms. The minimum atomic E-state index is -0.121. The summed E-state index contributed by atoms with van der Waals surface area (Å²) in [5.41, 5.74) is 0.635. The van der Waals surface area contributed by atoms with Crippen molar-refractivity contribution in [3.8, 4) is 0 Å². The maximum atomic E-state index is 12.5. The van der Waals surface area contributed by atoms with Gasteiger partial charge >= 0.3 is 0 Å². The summed E-state index contributed by atoms with van der Waals surface area (Å²) in [5, 5.41) is 5.05. The van der Waals surface area contributed by atoms with Crippen LogP contribution in [0.1, 0.15) is 42.5 Å². The van der Waals surface area contributed by atoms with Crippen molar-refractivity contribution < 1.29 is 9.59 Å². The maximum absolute atomic E-state index is 12.5. The summed E-state index contributed by atoms with van der Waals surface area (Å²) in [7, 11) is 0. The average molecular weight is 380 g/mol. The molecule has 1 saturated heterocycles. The summed E-state index contributed by atoms with van der Waals surface area (Å²) in [6, 6.07) is 14.4. The number of carbonyl (C=O) groups excluding carboxylic acids is 2. The molecule has 2 aromatic rings. The second-order valence-corrected chi connectivity index (χ2v) is 7.92. The normalized spacial score (nSPS) is 18.5. The van der Waals surface area contributed by atoms with Gasteiger partial charge in [0.15, 0.2) is 0 Å². The highest BCUT2D eigenvalue weighted by Gasteiger charge is 2.27. The van der Waals surface area contributed by atoms with Gasteiger partial charge in [-0.3, -0.25) is 14.5 Å². The third-order valence-electron chi connectivity index (χ3n) is 6.14. The summed E-state index contributed by atoms with van der Waals surface area (Å²) in [6.45, 7) is 3.98. The molecule has 1 aliphatic carbocycles. The standard InChI is InChI=1S/C23H29N3O2/c27-22(26-15-13-25(14-16-26)21-7-3-4-8-21)11-12-24-23(28)20-10-9-18-5-1-2-6-19(18)17-20/h1-2,5-6,9-10,17,21H,3-4,7-8,11-16H2,(H,24,28). The summed E-state index contributed by atoms with van der Waals surface area (Å²) in [5.74, 6) is 0.0227. The van der Waals surface area contributed by atoms with E-state index >= 15 is 0 Å². The molecule has 1 heterocycles. The van der Waals surface area contributed by atoms with Crippen molar-refractivity contribution in [2.75, 3.05) is 32.7 Å². The van der Waals surface area contributed by atoms with Gasteiger partial charge in [0.1, 0.15) is 0 Å². The minimum Gasteiger partial charge on any atom is -0.352 e. The fourth-order valence-electron chi connectivity index (χ4n) is 4.48. The lowest BCUT2D eigenvalue weighted by molar-refractivity contribution is -0.133. The van der Waals surface area contributed by atoms with Crippen LogP contribution >= 0.6 is 0 Å². The first-order valence-electron chi connectivity index (χ1n) is 10.5. The van der Waals surface area contributed by atoms with E-state index in [-0.39, 0.29) is 11.8 Å². The summed E-state index contributed by atoms with van der Waals surface area (Å²) in [6.07, 6.45) is 5.69. The fourth-order valence-corrected chi connectivity index (χ4v) is 4.48. The topological polar surface area (TPSA) is 52.7 Å². The maximum Gasteiger partial charge on any atom is 0.251 e. The lowest BCUT2D eigenvalue weighted by atomic mass is 10.1. The van der Waals surface area contributed by atoms with Gasteiger partial charge in [0.05, 0.1) is 0 Å². The molecule has 2 aromatic carbocycles. The Labute approximate surface area is 166 Å². The smallest absolute Gasteiger partial charge is 0.251 e. The molecule has 0 spiro atoms. The number of piperazine rings is 1. The van der Waals surface area contributed by atoms with Gasteiger partial charge < -0.3 is 10.2 Å². The zero-order valence-electron chi connectivity index (χ0n) is 16.4. The van der Waals surface area contributed by atoms with E-state index in [2.05, 4.69) is 10.2 Å². The van der Waals surface area contributed by atoms with Crippen molar-refractivity contribution in [1.82, 2.24) is 15.1 Å². The van der Waals surface area contributed by atoms with Gasteiger partial charge in [0.2, 0.25) is 5.91 Å². The van der Waals surface area contributed by atoms with E-state index in [1.807, 2.05) is 47.4 Å². The van der Waals surface area contributed by atoms with Gasteiger partial charge in [0.25, 0.3) is 5.91 Å². The van der Waals surface area contributed by atoms with Crippen LogP contribution in [0.3, 0.4) is 0 Å². The molecule has 2 aliphatic rings. The van der Waals surface area contributed by atoms with Crippen molar-refractivity contribution in [3.05, 3.63) is 48.0 Å². The Kier molecular flexibility index (Phi) is 5.91. The Morgan fingerprint density at radius 2 is 1.64 bits per heavy atom. The molecule has 0 aromatic heterocycles. The van der Waals surface area contributed by atoms with Crippen LogP contribution in [-0.2, 0) is 4.79 Å². The largest absolute Gasteiger partial charge is 0.352 e. The van der Waals surface area contributed by atoms with Crippen LogP contribution in [0.4, 0.5) is 0 Å². The van der Waals surface area contributed by atoms with Gasteiger partial charge in [-0.15, -0.1) is 0 Å². The molecule has 0 radical (unpaired) electrons. The van der Waals surface area contributed by atoms with Gasteiger partial charge in [-0.05, 0) is 35.7 Å². The molecule has 1 N–H and O–H groups in total. The lowest BCUT2D eigenvalue weighted by Gasteiger charge is -2.38. The number of carbonyl (C=O) groups is 2. The van der Waals surface area contributed by atoms with Crippen molar-refractivity contribution in [2.45, 2.75) is 38.1 Å². The van der Waals surface area contributed by atoms with Gasteiger partial charge in [0, 0.05) is 50.7 Å². The summed E-state index contributed by atoms with van der Waals surface area (Å²) >= 11 is 0. The number of amides is 2. The first kappa shape index (κ1) is 18.9. The van der Waals surface area contributed by atoms with Crippen LogP contribution in [0.25, 0.3) is 10.8 Å². The van der Waals surface area contributed by atoms with E-state index in [1.165, 1.54) is 25.7 Å². The lowest BCUT2D eigenvalue weighted by Crippen LogP contribution is -2.51. The third kappa shape index (κ3) is 4.36. The molecular weight excluding hydrogens is 350 g/mol. The number of hydrogen-bond acceptors (Lipinski definition) is 3. The highest BCUT2D eigenvalue weighted by Crippen LogP contribution is 2.24. The Morgan fingerprint density at radius 3 is 2.39 bits per heavy atom. The highest BCUT2D eigenvalue weighted by molar-refractivity contribution is 5.98. The zero-order valence-corrected chi connectivity index (χ0v) is 16.4. The van der Waals surface area contributed by atoms with Crippen molar-refractivity contribution in [1.29, 1.82) is 0 Å². The van der Waals surface area contributed by atoms with E-state index in [9.17, 15) is 9.59 Å². The molecular formula is C23H29N3O2. The molecule has 148 valence electrons. The van der Waals surface area contributed by atoms with Crippen molar-refractivity contribution in [3.63, 3.8) is 0 Å². The second kappa shape index (κ2) is 8.74. The fraction of sp³-hybridized carbons (Fsp3) is 0.478. The molecule has 4 rings (SSSR count).